The Kier molecular flexibility index (Phi) is 3.90. The molecule has 1 unspecified atom stereocenters. The summed E-state index contributed by atoms with van der Waals surface area (Å²) < 4.78 is 0. The topological polar surface area (TPSA) is 12.0 Å². The molecule has 98 valence electrons. The smallest absolute Gasteiger partial charge is 0.0387 e. The van der Waals surface area contributed by atoms with Gasteiger partial charge in [-0.25, -0.2) is 0 Å². The van der Waals surface area contributed by atoms with Crippen molar-refractivity contribution in [2.45, 2.75) is 31.7 Å². The van der Waals surface area contributed by atoms with Crippen molar-refractivity contribution in [2.75, 3.05) is 6.54 Å². The van der Waals surface area contributed by atoms with Crippen LogP contribution in [0.1, 0.15) is 24.8 Å². The molecule has 1 fully saturated rings. The third-order valence-corrected chi connectivity index (χ3v) is 4.32. The molecule has 0 bridgehead atoms. The second kappa shape index (κ2) is 5.81. The van der Waals surface area contributed by atoms with Crippen LogP contribution < -0.4 is 5.32 Å². The van der Waals surface area contributed by atoms with E-state index in [9.17, 15) is 0 Å². The molecule has 1 nitrogen and oxygen atoms in total. The largest absolute Gasteiger partial charge is 0.309 e. The van der Waals surface area contributed by atoms with E-state index in [0.717, 1.165) is 17.8 Å². The Morgan fingerprint density at radius 2 is 1.95 bits per heavy atom. The van der Waals surface area contributed by atoms with Crippen LogP contribution in [0, 0.1) is 0 Å². The SMILES string of the molecule is S=C(Cc1ccc2ccccc2c1)C1CCCCN1. The van der Waals surface area contributed by atoms with Crippen molar-refractivity contribution >= 4 is 27.9 Å². The van der Waals surface area contributed by atoms with Crippen LogP contribution in [0.25, 0.3) is 10.8 Å². The van der Waals surface area contributed by atoms with E-state index in [4.69, 9.17) is 12.2 Å². The van der Waals surface area contributed by atoms with Gasteiger partial charge in [-0.3, -0.25) is 0 Å². The summed E-state index contributed by atoms with van der Waals surface area (Å²) >= 11 is 5.62. The van der Waals surface area contributed by atoms with Crippen molar-refractivity contribution in [2.24, 2.45) is 0 Å². The van der Waals surface area contributed by atoms with Crippen LogP contribution in [0.15, 0.2) is 42.5 Å². The van der Waals surface area contributed by atoms with E-state index >= 15 is 0 Å². The van der Waals surface area contributed by atoms with Crippen LogP contribution in [-0.4, -0.2) is 17.5 Å². The monoisotopic (exact) mass is 269 g/mol. The quantitative estimate of drug-likeness (QED) is 0.848. The molecule has 1 saturated heterocycles. The van der Waals surface area contributed by atoms with Gasteiger partial charge >= 0.3 is 0 Å². The lowest BCUT2D eigenvalue weighted by Gasteiger charge is -2.24. The first-order valence-corrected chi connectivity index (χ1v) is 7.47. The van der Waals surface area contributed by atoms with Gasteiger partial charge in [-0.15, -0.1) is 0 Å². The highest BCUT2D eigenvalue weighted by Gasteiger charge is 2.17. The maximum absolute atomic E-state index is 5.62. The van der Waals surface area contributed by atoms with Crippen LogP contribution in [0.3, 0.4) is 0 Å². The Labute approximate surface area is 120 Å². The first kappa shape index (κ1) is 12.8. The van der Waals surface area contributed by atoms with Gasteiger partial charge in [-0.2, -0.15) is 0 Å². The third-order valence-electron chi connectivity index (χ3n) is 3.89. The second-order valence-corrected chi connectivity index (χ2v) is 5.85. The molecule has 3 rings (SSSR count). The maximum Gasteiger partial charge on any atom is 0.0387 e. The molecule has 0 saturated carbocycles. The number of nitrogens with one attached hydrogen (secondary N) is 1. The molecule has 2 aromatic carbocycles. The summed E-state index contributed by atoms with van der Waals surface area (Å²) in [6.45, 7) is 1.11. The summed E-state index contributed by atoms with van der Waals surface area (Å²) in [4.78, 5) is 1.16. The summed E-state index contributed by atoms with van der Waals surface area (Å²) in [5.74, 6) is 0. The van der Waals surface area contributed by atoms with Crippen LogP contribution in [-0.2, 0) is 6.42 Å². The van der Waals surface area contributed by atoms with E-state index in [1.54, 1.807) is 0 Å². The molecule has 1 heterocycles. The van der Waals surface area contributed by atoms with E-state index < -0.39 is 0 Å². The van der Waals surface area contributed by atoms with Gasteiger partial charge < -0.3 is 5.32 Å². The molecular formula is C17H19NS. The van der Waals surface area contributed by atoms with Crippen LogP contribution in [0.5, 0.6) is 0 Å². The van der Waals surface area contributed by atoms with Gasteiger partial charge in [0.1, 0.15) is 0 Å². The number of piperidine rings is 1. The van der Waals surface area contributed by atoms with Crippen LogP contribution in [0.2, 0.25) is 0 Å². The summed E-state index contributed by atoms with van der Waals surface area (Å²) in [6, 6.07) is 15.6. The minimum absolute atomic E-state index is 0.440. The summed E-state index contributed by atoms with van der Waals surface area (Å²) in [6.07, 6.45) is 4.70. The number of hydrogen-bond donors (Lipinski definition) is 1. The molecule has 0 spiro atoms. The number of benzene rings is 2. The molecule has 1 N–H and O–H groups in total. The van der Waals surface area contributed by atoms with Gasteiger partial charge in [0.05, 0.1) is 0 Å². The first-order chi connectivity index (χ1) is 9.33. The Morgan fingerprint density at radius 3 is 2.74 bits per heavy atom. The number of thiocarbonyl (C=S) groups is 1. The standard InChI is InChI=1S/C17H19NS/c19-17(16-7-3-4-10-18-16)12-13-8-9-14-5-1-2-6-15(14)11-13/h1-2,5-6,8-9,11,16,18H,3-4,7,10,12H2. The van der Waals surface area contributed by atoms with Crippen molar-refractivity contribution in [1.82, 2.24) is 5.32 Å². The van der Waals surface area contributed by atoms with Gasteiger partial charge in [0, 0.05) is 17.3 Å². The number of rotatable bonds is 3. The van der Waals surface area contributed by atoms with Crippen molar-refractivity contribution in [3.8, 4) is 0 Å². The lowest BCUT2D eigenvalue weighted by Crippen LogP contribution is -2.40. The predicted octanol–water partition coefficient (Wildman–Crippen LogP) is 3.89. The third kappa shape index (κ3) is 3.02. The Hall–Kier alpha value is -1.25. The van der Waals surface area contributed by atoms with Crippen LogP contribution in [0.4, 0.5) is 0 Å². The summed E-state index contributed by atoms with van der Waals surface area (Å²) in [5.41, 5.74) is 1.33. The normalized spacial score (nSPS) is 19.5. The van der Waals surface area contributed by atoms with E-state index in [2.05, 4.69) is 47.8 Å². The Morgan fingerprint density at radius 1 is 1.11 bits per heavy atom. The highest BCUT2D eigenvalue weighted by atomic mass is 32.1. The zero-order valence-electron chi connectivity index (χ0n) is 11.1. The maximum atomic E-state index is 5.62. The number of hydrogen-bond acceptors (Lipinski definition) is 2. The molecular weight excluding hydrogens is 250 g/mol. The molecule has 0 aromatic heterocycles. The molecule has 1 aliphatic heterocycles. The Balaban J connectivity index is 1.75. The molecule has 1 atom stereocenters. The van der Waals surface area contributed by atoms with Gasteiger partial charge in [0.15, 0.2) is 0 Å². The van der Waals surface area contributed by atoms with Gasteiger partial charge in [0.2, 0.25) is 0 Å². The second-order valence-electron chi connectivity index (χ2n) is 5.33. The van der Waals surface area contributed by atoms with Crippen LogP contribution >= 0.6 is 12.2 Å². The molecule has 2 heteroatoms. The predicted molar refractivity (Wildman–Crippen MR) is 85.9 cm³/mol. The lowest BCUT2D eigenvalue weighted by molar-refractivity contribution is 0.472. The molecule has 0 aliphatic carbocycles. The molecule has 2 aromatic rings. The van der Waals surface area contributed by atoms with Crippen molar-refractivity contribution in [1.29, 1.82) is 0 Å². The zero-order chi connectivity index (χ0) is 13.1. The van der Waals surface area contributed by atoms with E-state index in [1.807, 2.05) is 0 Å². The Bertz CT molecular complexity index is 585. The first-order valence-electron chi connectivity index (χ1n) is 7.07. The molecule has 1 aliphatic rings. The van der Waals surface area contributed by atoms with E-state index in [0.29, 0.717) is 6.04 Å². The average Bonchev–Trinajstić information content (AvgIpc) is 2.48. The average molecular weight is 269 g/mol. The molecule has 0 amide bonds. The fourth-order valence-electron chi connectivity index (χ4n) is 2.80. The number of fused-ring (bicyclic) bond motifs is 1. The van der Waals surface area contributed by atoms with Gasteiger partial charge in [0.25, 0.3) is 0 Å². The van der Waals surface area contributed by atoms with E-state index in [1.165, 1.54) is 35.6 Å². The minimum Gasteiger partial charge on any atom is -0.309 e. The highest BCUT2D eigenvalue weighted by molar-refractivity contribution is 7.80. The van der Waals surface area contributed by atoms with Crippen molar-refractivity contribution < 1.29 is 0 Å². The van der Waals surface area contributed by atoms with Crippen molar-refractivity contribution in [3.05, 3.63) is 48.0 Å². The zero-order valence-corrected chi connectivity index (χ0v) is 11.9. The minimum atomic E-state index is 0.440. The van der Waals surface area contributed by atoms with Gasteiger partial charge in [-0.1, -0.05) is 61.1 Å². The fourth-order valence-corrected chi connectivity index (χ4v) is 3.17. The molecule has 19 heavy (non-hydrogen) atoms. The fraction of sp³-hybridized carbons (Fsp3) is 0.353. The lowest BCUT2D eigenvalue weighted by atomic mass is 9.96. The van der Waals surface area contributed by atoms with E-state index in [-0.39, 0.29) is 0 Å². The molecule has 0 radical (unpaired) electrons. The summed E-state index contributed by atoms with van der Waals surface area (Å²) in [5, 5.41) is 6.14. The highest BCUT2D eigenvalue weighted by Crippen LogP contribution is 2.18. The van der Waals surface area contributed by atoms with Crippen molar-refractivity contribution in [3.63, 3.8) is 0 Å². The summed E-state index contributed by atoms with van der Waals surface area (Å²) in [7, 11) is 0. The van der Waals surface area contributed by atoms with Gasteiger partial charge in [-0.05, 0) is 35.7 Å².